The molecule has 1 aromatic rings. The molecule has 1 saturated heterocycles. The fourth-order valence-corrected chi connectivity index (χ4v) is 4.05. The third-order valence-electron chi connectivity index (χ3n) is 4.76. The van der Waals surface area contributed by atoms with Crippen LogP contribution in [0.1, 0.15) is 49.7 Å². The summed E-state index contributed by atoms with van der Waals surface area (Å²) in [6, 6.07) is 3.67. The molecule has 2 aliphatic rings. The average Bonchev–Trinajstić information content (AvgIpc) is 2.93. The van der Waals surface area contributed by atoms with Gasteiger partial charge in [-0.1, -0.05) is 38.2 Å². The summed E-state index contributed by atoms with van der Waals surface area (Å²) in [5.74, 6) is -0.293. The number of nitrogens with one attached hydrogen (secondary N) is 1. The van der Waals surface area contributed by atoms with E-state index < -0.39 is 22.9 Å². The highest BCUT2D eigenvalue weighted by molar-refractivity contribution is 8.18. The van der Waals surface area contributed by atoms with Gasteiger partial charge in [0.1, 0.15) is 5.75 Å². The predicted octanol–water partition coefficient (Wildman–Crippen LogP) is 5.38. The van der Waals surface area contributed by atoms with E-state index >= 15 is 0 Å². The number of carbonyl (C=O) groups excluding carboxylic acids is 2. The fraction of sp³-hybridized carbons (Fsp3) is 0.474. The van der Waals surface area contributed by atoms with E-state index in [0.29, 0.717) is 17.7 Å². The van der Waals surface area contributed by atoms with Gasteiger partial charge in [-0.15, -0.1) is 0 Å². The summed E-state index contributed by atoms with van der Waals surface area (Å²) in [6.45, 7) is 0.251. The Bertz CT molecular complexity index is 755. The van der Waals surface area contributed by atoms with Crippen LogP contribution in [0.3, 0.4) is 0 Å². The lowest BCUT2D eigenvalue weighted by Gasteiger charge is -2.22. The van der Waals surface area contributed by atoms with Gasteiger partial charge in [0.15, 0.2) is 0 Å². The van der Waals surface area contributed by atoms with E-state index in [2.05, 4.69) is 5.32 Å². The number of halogens is 3. The second-order valence-corrected chi connectivity index (χ2v) is 7.76. The van der Waals surface area contributed by atoms with Crippen molar-refractivity contribution in [2.24, 2.45) is 5.92 Å². The highest BCUT2D eigenvalue weighted by Crippen LogP contribution is 2.38. The van der Waals surface area contributed by atoms with Crippen LogP contribution in [0.15, 0.2) is 23.1 Å². The number of ether oxygens (including phenoxy) is 1. The molecule has 27 heavy (non-hydrogen) atoms. The zero-order valence-corrected chi connectivity index (χ0v) is 15.4. The van der Waals surface area contributed by atoms with E-state index in [9.17, 15) is 22.8 Å². The lowest BCUT2D eigenvalue weighted by Crippen LogP contribution is -2.17. The van der Waals surface area contributed by atoms with Crippen LogP contribution in [0.4, 0.5) is 18.0 Å². The van der Waals surface area contributed by atoms with Crippen LogP contribution < -0.4 is 10.1 Å². The van der Waals surface area contributed by atoms with Crippen molar-refractivity contribution in [3.05, 3.63) is 34.2 Å². The Labute approximate surface area is 159 Å². The van der Waals surface area contributed by atoms with Crippen molar-refractivity contribution >= 4 is 29.0 Å². The molecule has 4 nitrogen and oxygen atoms in total. The topological polar surface area (TPSA) is 55.4 Å². The summed E-state index contributed by atoms with van der Waals surface area (Å²) in [4.78, 5) is 22.8. The van der Waals surface area contributed by atoms with Crippen molar-refractivity contribution in [2.75, 3.05) is 6.61 Å². The van der Waals surface area contributed by atoms with Crippen molar-refractivity contribution in [2.45, 2.75) is 44.7 Å². The van der Waals surface area contributed by atoms with Crippen molar-refractivity contribution in [3.63, 3.8) is 0 Å². The first-order chi connectivity index (χ1) is 12.8. The number of alkyl halides is 3. The zero-order chi connectivity index (χ0) is 19.4. The van der Waals surface area contributed by atoms with E-state index in [0.717, 1.165) is 25.3 Å². The highest BCUT2D eigenvalue weighted by Gasteiger charge is 2.35. The van der Waals surface area contributed by atoms with Gasteiger partial charge in [0.05, 0.1) is 17.1 Å². The maximum atomic E-state index is 13.4. The van der Waals surface area contributed by atoms with E-state index in [4.69, 9.17) is 4.74 Å². The molecule has 0 radical (unpaired) electrons. The van der Waals surface area contributed by atoms with E-state index in [1.165, 1.54) is 37.5 Å². The SMILES string of the molecule is O=C1NC(=O)/C(=C\c2ccc(OCCC3CCCCC3)c(C(F)(F)F)c2)S1. The molecular formula is C19H20F3NO3S. The van der Waals surface area contributed by atoms with E-state index in [1.54, 1.807) is 0 Å². The predicted molar refractivity (Wildman–Crippen MR) is 97.2 cm³/mol. The Kier molecular flexibility index (Phi) is 6.14. The lowest BCUT2D eigenvalue weighted by atomic mass is 9.87. The van der Waals surface area contributed by atoms with Crippen LogP contribution in [0.5, 0.6) is 5.75 Å². The standard InChI is InChI=1S/C19H20F3NO3S/c20-19(21,22)14-10-13(11-16-17(24)23-18(25)27-16)6-7-15(14)26-9-8-12-4-2-1-3-5-12/h6-7,10-12H,1-5,8-9H2,(H,23,24,25)/b16-11+. The van der Waals surface area contributed by atoms with Gasteiger partial charge in [-0.25, -0.2) is 0 Å². The molecule has 1 saturated carbocycles. The average molecular weight is 399 g/mol. The van der Waals surface area contributed by atoms with Gasteiger partial charge >= 0.3 is 6.18 Å². The molecule has 2 amide bonds. The first-order valence-corrected chi connectivity index (χ1v) is 9.73. The van der Waals surface area contributed by atoms with Crippen LogP contribution in [-0.2, 0) is 11.0 Å². The Morgan fingerprint density at radius 2 is 1.93 bits per heavy atom. The molecule has 1 aromatic carbocycles. The smallest absolute Gasteiger partial charge is 0.419 e. The maximum Gasteiger partial charge on any atom is 0.419 e. The molecule has 0 bridgehead atoms. The largest absolute Gasteiger partial charge is 0.493 e. The Hall–Kier alpha value is -1.96. The van der Waals surface area contributed by atoms with Gasteiger partial charge in [0.25, 0.3) is 11.1 Å². The number of imide groups is 1. The molecule has 1 heterocycles. The number of benzene rings is 1. The molecule has 0 atom stereocenters. The Balaban J connectivity index is 1.73. The summed E-state index contributed by atoms with van der Waals surface area (Å²) >= 11 is 0.665. The fourth-order valence-electron chi connectivity index (χ4n) is 3.37. The van der Waals surface area contributed by atoms with Crippen LogP contribution in [0.25, 0.3) is 6.08 Å². The normalized spacial score (nSPS) is 20.2. The van der Waals surface area contributed by atoms with Crippen LogP contribution >= 0.6 is 11.8 Å². The van der Waals surface area contributed by atoms with Crippen LogP contribution in [-0.4, -0.2) is 17.8 Å². The minimum absolute atomic E-state index is 0.0686. The maximum absolute atomic E-state index is 13.4. The molecule has 0 unspecified atom stereocenters. The highest BCUT2D eigenvalue weighted by atomic mass is 32.2. The quantitative estimate of drug-likeness (QED) is 0.676. The van der Waals surface area contributed by atoms with Gasteiger partial charge in [-0.3, -0.25) is 14.9 Å². The first kappa shape index (κ1) is 19.8. The Morgan fingerprint density at radius 1 is 1.19 bits per heavy atom. The molecule has 3 rings (SSSR count). The van der Waals surface area contributed by atoms with Crippen molar-refractivity contribution in [3.8, 4) is 5.75 Å². The summed E-state index contributed by atoms with van der Waals surface area (Å²) in [5.41, 5.74) is -0.690. The van der Waals surface area contributed by atoms with E-state index in [-0.39, 0.29) is 22.8 Å². The third-order valence-corrected chi connectivity index (χ3v) is 5.57. The minimum atomic E-state index is -4.57. The molecule has 0 spiro atoms. The second kappa shape index (κ2) is 8.37. The van der Waals surface area contributed by atoms with Crippen LogP contribution in [0, 0.1) is 5.92 Å². The van der Waals surface area contributed by atoms with Gasteiger partial charge in [0, 0.05) is 0 Å². The molecule has 1 aliphatic heterocycles. The number of carbonyl (C=O) groups is 2. The monoisotopic (exact) mass is 399 g/mol. The molecule has 1 aliphatic carbocycles. The van der Waals surface area contributed by atoms with E-state index in [1.807, 2.05) is 0 Å². The first-order valence-electron chi connectivity index (χ1n) is 8.92. The second-order valence-electron chi connectivity index (χ2n) is 6.75. The Morgan fingerprint density at radius 3 is 2.56 bits per heavy atom. The van der Waals surface area contributed by atoms with Gasteiger partial charge in [0.2, 0.25) is 0 Å². The number of hydrogen-bond acceptors (Lipinski definition) is 4. The zero-order valence-electron chi connectivity index (χ0n) is 14.6. The third kappa shape index (κ3) is 5.28. The number of amides is 2. The van der Waals surface area contributed by atoms with Crippen LogP contribution in [0.2, 0.25) is 0 Å². The number of thioether (sulfide) groups is 1. The molecule has 8 heteroatoms. The van der Waals surface area contributed by atoms with Gasteiger partial charge in [-0.2, -0.15) is 13.2 Å². The molecule has 1 N–H and O–H groups in total. The van der Waals surface area contributed by atoms with Crippen molar-refractivity contribution < 1.29 is 27.5 Å². The molecular weight excluding hydrogens is 379 g/mol. The number of rotatable bonds is 5. The van der Waals surface area contributed by atoms with Gasteiger partial charge < -0.3 is 4.74 Å². The summed E-state index contributed by atoms with van der Waals surface area (Å²) in [5, 5.41) is 1.54. The minimum Gasteiger partial charge on any atom is -0.493 e. The molecule has 146 valence electrons. The number of hydrogen-bond donors (Lipinski definition) is 1. The van der Waals surface area contributed by atoms with Gasteiger partial charge in [-0.05, 0) is 47.9 Å². The molecule has 2 fully saturated rings. The summed E-state index contributed by atoms with van der Waals surface area (Å²) < 4.78 is 45.7. The lowest BCUT2D eigenvalue weighted by molar-refractivity contribution is -0.139. The summed E-state index contributed by atoms with van der Waals surface area (Å²) in [6.07, 6.45) is 3.25. The summed E-state index contributed by atoms with van der Waals surface area (Å²) in [7, 11) is 0. The van der Waals surface area contributed by atoms with Crippen molar-refractivity contribution in [1.82, 2.24) is 5.32 Å². The van der Waals surface area contributed by atoms with Crippen molar-refractivity contribution in [1.29, 1.82) is 0 Å². The molecule has 0 aromatic heterocycles.